The molecule has 0 unspecified atom stereocenters. The van der Waals surface area contributed by atoms with Gasteiger partial charge in [0.15, 0.2) is 5.79 Å². The smallest absolute Gasteiger partial charge is 0.310 e. The highest BCUT2D eigenvalue weighted by molar-refractivity contribution is 5.73. The Bertz CT molecular complexity index is 542. The van der Waals surface area contributed by atoms with E-state index in [1.54, 1.807) is 0 Å². The molecule has 1 spiro atoms. The van der Waals surface area contributed by atoms with Gasteiger partial charge in [0, 0.05) is 24.9 Å². The van der Waals surface area contributed by atoms with Crippen LogP contribution in [0.4, 0.5) is 0 Å². The van der Waals surface area contributed by atoms with Crippen LogP contribution in [0, 0.1) is 5.92 Å². The van der Waals surface area contributed by atoms with E-state index >= 15 is 0 Å². The van der Waals surface area contributed by atoms with E-state index in [-0.39, 0.29) is 24.0 Å². The summed E-state index contributed by atoms with van der Waals surface area (Å²) in [5, 5.41) is 3.61. The van der Waals surface area contributed by atoms with Crippen molar-refractivity contribution >= 4 is 5.97 Å². The number of benzene rings is 1. The van der Waals surface area contributed by atoms with Gasteiger partial charge in [-0.1, -0.05) is 30.3 Å². The molecule has 1 saturated carbocycles. The first kappa shape index (κ1) is 17.4. The third-order valence-corrected chi connectivity index (χ3v) is 5.02. The van der Waals surface area contributed by atoms with E-state index in [0.717, 1.165) is 12.8 Å². The second kappa shape index (κ2) is 7.64. The normalized spacial score (nSPS) is 27.1. The van der Waals surface area contributed by atoms with Crippen molar-refractivity contribution in [3.8, 4) is 0 Å². The highest BCUT2D eigenvalue weighted by atomic mass is 16.7. The summed E-state index contributed by atoms with van der Waals surface area (Å²) in [6, 6.07) is 10.4. The Morgan fingerprint density at radius 2 is 2.04 bits per heavy atom. The molecule has 3 atom stereocenters. The molecule has 0 bridgehead atoms. The molecule has 24 heavy (non-hydrogen) atoms. The number of nitrogens with one attached hydrogen (secondary N) is 1. The molecule has 2 aliphatic rings. The first-order valence-corrected chi connectivity index (χ1v) is 8.89. The third-order valence-electron chi connectivity index (χ3n) is 5.02. The number of carbonyl (C=O) groups is 1. The Hall–Kier alpha value is -1.43. The van der Waals surface area contributed by atoms with Crippen LogP contribution in [0.3, 0.4) is 0 Å². The SMILES string of the molecule is CCOC(=O)[C@@H]1CCC2(C[C@H]1N[C@H](C)c1ccccc1)OCCO2. The molecule has 1 N–H and O–H groups in total. The average Bonchev–Trinajstić information content (AvgIpc) is 3.04. The van der Waals surface area contributed by atoms with Gasteiger partial charge in [0.25, 0.3) is 0 Å². The lowest BCUT2D eigenvalue weighted by atomic mass is 9.80. The zero-order chi connectivity index (χ0) is 17.0. The summed E-state index contributed by atoms with van der Waals surface area (Å²) >= 11 is 0. The van der Waals surface area contributed by atoms with Gasteiger partial charge < -0.3 is 19.5 Å². The summed E-state index contributed by atoms with van der Waals surface area (Å²) in [5.41, 5.74) is 1.20. The van der Waals surface area contributed by atoms with Gasteiger partial charge in [-0.15, -0.1) is 0 Å². The molecule has 5 heteroatoms. The minimum absolute atomic E-state index is 0.0221. The Balaban J connectivity index is 1.74. The minimum Gasteiger partial charge on any atom is -0.466 e. The van der Waals surface area contributed by atoms with Crippen LogP contribution < -0.4 is 5.32 Å². The van der Waals surface area contributed by atoms with Crippen molar-refractivity contribution in [2.75, 3.05) is 19.8 Å². The van der Waals surface area contributed by atoms with Crippen molar-refractivity contribution in [1.29, 1.82) is 0 Å². The van der Waals surface area contributed by atoms with Crippen molar-refractivity contribution in [3.05, 3.63) is 35.9 Å². The van der Waals surface area contributed by atoms with E-state index in [0.29, 0.717) is 26.2 Å². The number of carbonyl (C=O) groups excluding carboxylic acids is 1. The van der Waals surface area contributed by atoms with Gasteiger partial charge >= 0.3 is 5.97 Å². The number of esters is 1. The molecule has 1 aromatic rings. The molecule has 2 fully saturated rings. The van der Waals surface area contributed by atoms with Gasteiger partial charge in [0.05, 0.1) is 25.7 Å². The Kier molecular flexibility index (Phi) is 5.54. The van der Waals surface area contributed by atoms with E-state index in [4.69, 9.17) is 14.2 Å². The summed E-state index contributed by atoms with van der Waals surface area (Å²) in [6.45, 7) is 5.64. The second-order valence-corrected chi connectivity index (χ2v) is 6.61. The highest BCUT2D eigenvalue weighted by Gasteiger charge is 2.47. The van der Waals surface area contributed by atoms with Crippen LogP contribution >= 0.6 is 0 Å². The predicted molar refractivity (Wildman–Crippen MR) is 90.4 cm³/mol. The van der Waals surface area contributed by atoms with Crippen LogP contribution in [0.2, 0.25) is 0 Å². The zero-order valence-electron chi connectivity index (χ0n) is 14.5. The fourth-order valence-electron chi connectivity index (χ4n) is 3.78. The van der Waals surface area contributed by atoms with Gasteiger partial charge in [-0.05, 0) is 25.8 Å². The van der Waals surface area contributed by atoms with E-state index in [1.807, 2.05) is 25.1 Å². The molecule has 132 valence electrons. The maximum atomic E-state index is 12.4. The van der Waals surface area contributed by atoms with Crippen molar-refractivity contribution < 1.29 is 19.0 Å². The number of hydrogen-bond donors (Lipinski definition) is 1. The number of hydrogen-bond acceptors (Lipinski definition) is 5. The van der Waals surface area contributed by atoms with Crippen LogP contribution in [0.5, 0.6) is 0 Å². The molecule has 5 nitrogen and oxygen atoms in total. The lowest BCUT2D eigenvalue weighted by Crippen LogP contribution is -2.52. The molecule has 1 aromatic carbocycles. The van der Waals surface area contributed by atoms with Crippen LogP contribution in [-0.4, -0.2) is 37.6 Å². The van der Waals surface area contributed by atoms with Crippen molar-refractivity contribution in [3.63, 3.8) is 0 Å². The van der Waals surface area contributed by atoms with E-state index in [2.05, 4.69) is 24.4 Å². The van der Waals surface area contributed by atoms with Crippen LogP contribution in [0.1, 0.15) is 44.7 Å². The lowest BCUT2D eigenvalue weighted by molar-refractivity contribution is -0.194. The molecular weight excluding hydrogens is 306 g/mol. The maximum Gasteiger partial charge on any atom is 0.310 e. The molecular formula is C19H27NO4. The van der Waals surface area contributed by atoms with Crippen LogP contribution in [-0.2, 0) is 19.0 Å². The van der Waals surface area contributed by atoms with Crippen molar-refractivity contribution in [2.24, 2.45) is 5.92 Å². The molecule has 1 aliphatic heterocycles. The molecule has 1 aliphatic carbocycles. The summed E-state index contributed by atoms with van der Waals surface area (Å²) in [7, 11) is 0. The van der Waals surface area contributed by atoms with E-state index in [9.17, 15) is 4.79 Å². The second-order valence-electron chi connectivity index (χ2n) is 6.61. The number of rotatable bonds is 5. The molecule has 1 saturated heterocycles. The zero-order valence-corrected chi connectivity index (χ0v) is 14.5. The van der Waals surface area contributed by atoms with Crippen LogP contribution in [0.25, 0.3) is 0 Å². The fraction of sp³-hybridized carbons (Fsp3) is 0.632. The first-order chi connectivity index (χ1) is 11.6. The standard InChI is InChI=1S/C19H27NO4/c1-3-22-18(21)16-9-10-19(23-11-12-24-19)13-17(16)20-14(2)15-7-5-4-6-8-15/h4-8,14,16-17,20H,3,9-13H2,1-2H3/t14-,16-,17-/m1/s1. The summed E-state index contributed by atoms with van der Waals surface area (Å²) in [5.74, 6) is -0.811. The van der Waals surface area contributed by atoms with Gasteiger partial charge in [-0.2, -0.15) is 0 Å². The number of ether oxygens (including phenoxy) is 3. The minimum atomic E-state index is -0.531. The van der Waals surface area contributed by atoms with Crippen molar-refractivity contribution in [2.45, 2.75) is 51.0 Å². The monoisotopic (exact) mass is 333 g/mol. The van der Waals surface area contributed by atoms with Gasteiger partial charge in [0.2, 0.25) is 0 Å². The van der Waals surface area contributed by atoms with E-state index < -0.39 is 5.79 Å². The Labute approximate surface area is 143 Å². The fourth-order valence-corrected chi connectivity index (χ4v) is 3.78. The predicted octanol–water partition coefficient (Wildman–Crippen LogP) is 2.81. The maximum absolute atomic E-state index is 12.4. The van der Waals surface area contributed by atoms with Crippen molar-refractivity contribution in [1.82, 2.24) is 5.32 Å². The third kappa shape index (κ3) is 3.79. The van der Waals surface area contributed by atoms with Gasteiger partial charge in [0.1, 0.15) is 0 Å². The molecule has 3 rings (SSSR count). The lowest BCUT2D eigenvalue weighted by Gasteiger charge is -2.41. The highest BCUT2D eigenvalue weighted by Crippen LogP contribution is 2.39. The molecule has 0 aromatic heterocycles. The van der Waals surface area contributed by atoms with E-state index in [1.165, 1.54) is 5.56 Å². The van der Waals surface area contributed by atoms with Crippen LogP contribution in [0.15, 0.2) is 30.3 Å². The Morgan fingerprint density at radius 1 is 1.33 bits per heavy atom. The largest absolute Gasteiger partial charge is 0.466 e. The summed E-state index contributed by atoms with van der Waals surface area (Å²) in [6.07, 6.45) is 2.14. The molecule has 1 heterocycles. The van der Waals surface area contributed by atoms with Gasteiger partial charge in [-0.25, -0.2) is 0 Å². The topological polar surface area (TPSA) is 56.8 Å². The Morgan fingerprint density at radius 3 is 2.71 bits per heavy atom. The summed E-state index contributed by atoms with van der Waals surface area (Å²) in [4.78, 5) is 12.4. The first-order valence-electron chi connectivity index (χ1n) is 8.89. The molecule has 0 radical (unpaired) electrons. The van der Waals surface area contributed by atoms with Gasteiger partial charge in [-0.3, -0.25) is 4.79 Å². The quantitative estimate of drug-likeness (QED) is 0.840. The summed E-state index contributed by atoms with van der Waals surface area (Å²) < 4.78 is 17.0. The average molecular weight is 333 g/mol. The molecule has 0 amide bonds.